The van der Waals surface area contributed by atoms with Crippen LogP contribution in [-0.2, 0) is 9.47 Å². The fourth-order valence-corrected chi connectivity index (χ4v) is 3.32. The number of ether oxygens (including phenoxy) is 2. The van der Waals surface area contributed by atoms with Crippen LogP contribution in [0.3, 0.4) is 0 Å². The molecule has 1 fully saturated rings. The average Bonchev–Trinajstić information content (AvgIpc) is 2.64. The molecule has 176 valence electrons. The molecule has 1 aliphatic rings. The van der Waals surface area contributed by atoms with Gasteiger partial charge in [0, 0.05) is 52.9 Å². The van der Waals surface area contributed by atoms with Crippen LogP contribution < -0.4 is 10.6 Å². The Labute approximate surface area is 183 Å². The van der Waals surface area contributed by atoms with Crippen molar-refractivity contribution in [3.05, 3.63) is 0 Å². The number of carbonyl (C=O) groups excluding carboxylic acids is 1. The van der Waals surface area contributed by atoms with Crippen LogP contribution in [0.1, 0.15) is 54.4 Å². The number of guanidine groups is 1. The van der Waals surface area contributed by atoms with Gasteiger partial charge in [-0.15, -0.1) is 0 Å². The molecule has 0 radical (unpaired) electrons. The smallest absolute Gasteiger partial charge is 0.410 e. The summed E-state index contributed by atoms with van der Waals surface area (Å²) < 4.78 is 11.1. The van der Waals surface area contributed by atoms with E-state index in [9.17, 15) is 4.79 Å². The van der Waals surface area contributed by atoms with E-state index in [-0.39, 0.29) is 12.0 Å². The van der Waals surface area contributed by atoms with Crippen LogP contribution >= 0.6 is 0 Å². The van der Waals surface area contributed by atoms with Gasteiger partial charge in [0.2, 0.25) is 0 Å². The molecule has 0 bridgehead atoms. The SMILES string of the molecule is CN=C(NCC(C)CN(C)C(=O)OC(C)(C)C)NC1CCN(CCOC(C)C)CC1. The molecule has 1 heterocycles. The van der Waals surface area contributed by atoms with Gasteiger partial charge in [-0.2, -0.15) is 0 Å². The normalized spacial score (nSPS) is 17.7. The fraction of sp³-hybridized carbons (Fsp3) is 0.909. The highest BCUT2D eigenvalue weighted by molar-refractivity contribution is 5.80. The lowest BCUT2D eigenvalue weighted by molar-refractivity contribution is 0.0277. The molecule has 0 aliphatic carbocycles. The highest BCUT2D eigenvalue weighted by Gasteiger charge is 2.22. The van der Waals surface area contributed by atoms with Crippen molar-refractivity contribution in [1.82, 2.24) is 20.4 Å². The van der Waals surface area contributed by atoms with Crippen LogP contribution in [0.2, 0.25) is 0 Å². The maximum Gasteiger partial charge on any atom is 0.410 e. The van der Waals surface area contributed by atoms with Gasteiger partial charge in [-0.1, -0.05) is 6.92 Å². The summed E-state index contributed by atoms with van der Waals surface area (Å²) in [4.78, 5) is 20.6. The average molecular weight is 428 g/mol. The Balaban J connectivity index is 2.29. The molecule has 1 unspecified atom stereocenters. The molecule has 2 N–H and O–H groups in total. The highest BCUT2D eigenvalue weighted by atomic mass is 16.6. The van der Waals surface area contributed by atoms with Gasteiger partial charge >= 0.3 is 6.09 Å². The molecule has 0 saturated carbocycles. The molecule has 0 aromatic heterocycles. The summed E-state index contributed by atoms with van der Waals surface area (Å²) in [6.07, 6.45) is 2.20. The van der Waals surface area contributed by atoms with E-state index in [0.717, 1.165) is 51.6 Å². The molecule has 0 aromatic carbocycles. The van der Waals surface area contributed by atoms with Crippen LogP contribution in [0.15, 0.2) is 4.99 Å². The molecule has 1 aliphatic heterocycles. The van der Waals surface area contributed by atoms with Crippen molar-refractivity contribution in [3.63, 3.8) is 0 Å². The van der Waals surface area contributed by atoms with Gasteiger partial charge in [-0.25, -0.2) is 4.79 Å². The van der Waals surface area contributed by atoms with Gasteiger partial charge in [0.15, 0.2) is 5.96 Å². The third kappa shape index (κ3) is 11.6. The molecule has 1 saturated heterocycles. The number of hydrogen-bond acceptors (Lipinski definition) is 5. The number of carbonyl (C=O) groups is 1. The molecular weight excluding hydrogens is 382 g/mol. The number of rotatable bonds is 9. The molecule has 1 amide bonds. The summed E-state index contributed by atoms with van der Waals surface area (Å²) in [6.45, 7) is 17.2. The van der Waals surface area contributed by atoms with Crippen LogP contribution in [0, 0.1) is 5.92 Å². The van der Waals surface area contributed by atoms with Crippen LogP contribution in [0.25, 0.3) is 0 Å². The van der Waals surface area contributed by atoms with E-state index < -0.39 is 5.60 Å². The number of amides is 1. The highest BCUT2D eigenvalue weighted by Crippen LogP contribution is 2.11. The predicted octanol–water partition coefficient (Wildman–Crippen LogP) is 2.54. The van der Waals surface area contributed by atoms with E-state index in [1.54, 1.807) is 19.0 Å². The predicted molar refractivity (Wildman–Crippen MR) is 123 cm³/mol. The monoisotopic (exact) mass is 427 g/mol. The third-order valence-electron chi connectivity index (χ3n) is 4.92. The van der Waals surface area contributed by atoms with E-state index in [1.807, 2.05) is 20.8 Å². The van der Waals surface area contributed by atoms with Crippen LogP contribution in [0.5, 0.6) is 0 Å². The quantitative estimate of drug-likeness (QED) is 0.435. The molecule has 0 aromatic rings. The number of likely N-dealkylation sites (tertiary alicyclic amines) is 1. The first kappa shape index (κ1) is 26.5. The molecule has 0 spiro atoms. The Morgan fingerprint density at radius 1 is 1.23 bits per heavy atom. The van der Waals surface area contributed by atoms with Crippen LogP contribution in [-0.4, -0.2) is 93.0 Å². The minimum Gasteiger partial charge on any atom is -0.444 e. The Morgan fingerprint density at radius 2 is 1.87 bits per heavy atom. The zero-order chi connectivity index (χ0) is 22.7. The zero-order valence-corrected chi connectivity index (χ0v) is 20.5. The second-order valence-electron chi connectivity index (χ2n) is 9.60. The molecule has 1 rings (SSSR count). The molecular formula is C22H45N5O3. The fourth-order valence-electron chi connectivity index (χ4n) is 3.32. The van der Waals surface area contributed by atoms with E-state index >= 15 is 0 Å². The van der Waals surface area contributed by atoms with Crippen LogP contribution in [0.4, 0.5) is 4.79 Å². The molecule has 1 atom stereocenters. The molecule has 8 nitrogen and oxygen atoms in total. The minimum atomic E-state index is -0.476. The zero-order valence-electron chi connectivity index (χ0n) is 20.5. The van der Waals surface area contributed by atoms with Crippen molar-refractivity contribution in [2.45, 2.75) is 72.1 Å². The van der Waals surface area contributed by atoms with Gasteiger partial charge < -0.3 is 29.9 Å². The van der Waals surface area contributed by atoms with E-state index in [1.165, 1.54) is 0 Å². The minimum absolute atomic E-state index is 0.267. The lowest BCUT2D eigenvalue weighted by atomic mass is 10.1. The first-order valence-electron chi connectivity index (χ1n) is 11.3. The van der Waals surface area contributed by atoms with Crippen molar-refractivity contribution >= 4 is 12.1 Å². The van der Waals surface area contributed by atoms with Crippen molar-refractivity contribution < 1.29 is 14.3 Å². The lowest BCUT2D eigenvalue weighted by Crippen LogP contribution is -2.50. The Hall–Kier alpha value is -1.54. The standard InChI is InChI=1S/C22H45N5O3/c1-17(2)29-14-13-27-11-9-19(10-12-27)25-20(23-7)24-15-18(3)16-26(8)21(28)30-22(4,5)6/h17-19H,9-16H2,1-8H3,(H2,23,24,25). The number of nitrogens with one attached hydrogen (secondary N) is 2. The number of hydrogen-bond donors (Lipinski definition) is 2. The van der Waals surface area contributed by atoms with Gasteiger partial charge in [0.25, 0.3) is 0 Å². The molecule has 8 heteroatoms. The second kappa shape index (κ2) is 13.0. The lowest BCUT2D eigenvalue weighted by Gasteiger charge is -2.33. The third-order valence-corrected chi connectivity index (χ3v) is 4.92. The van der Waals surface area contributed by atoms with Crippen molar-refractivity contribution in [1.29, 1.82) is 0 Å². The number of aliphatic imine (C=N–C) groups is 1. The summed E-state index contributed by atoms with van der Waals surface area (Å²) in [5.74, 6) is 1.09. The second-order valence-corrected chi connectivity index (χ2v) is 9.60. The van der Waals surface area contributed by atoms with E-state index in [0.29, 0.717) is 18.7 Å². The number of nitrogens with zero attached hydrogens (tertiary/aromatic N) is 3. The summed E-state index contributed by atoms with van der Waals surface area (Å²) in [6, 6.07) is 0.429. The Morgan fingerprint density at radius 3 is 2.40 bits per heavy atom. The summed E-state index contributed by atoms with van der Waals surface area (Å²) in [5.41, 5.74) is -0.476. The summed E-state index contributed by atoms with van der Waals surface area (Å²) in [5, 5.41) is 6.93. The van der Waals surface area contributed by atoms with E-state index in [2.05, 4.69) is 41.3 Å². The topological polar surface area (TPSA) is 78.4 Å². The summed E-state index contributed by atoms with van der Waals surface area (Å²) in [7, 11) is 3.57. The Kier molecular flexibility index (Phi) is 11.5. The van der Waals surface area contributed by atoms with Gasteiger partial charge in [-0.05, 0) is 53.4 Å². The maximum atomic E-state index is 12.1. The summed E-state index contributed by atoms with van der Waals surface area (Å²) >= 11 is 0. The molecule has 30 heavy (non-hydrogen) atoms. The number of piperidine rings is 1. The van der Waals surface area contributed by atoms with Crippen molar-refractivity contribution in [2.75, 3.05) is 53.4 Å². The first-order valence-corrected chi connectivity index (χ1v) is 11.3. The first-order chi connectivity index (χ1) is 14.0. The maximum absolute atomic E-state index is 12.1. The van der Waals surface area contributed by atoms with Gasteiger partial charge in [0.05, 0.1) is 12.7 Å². The van der Waals surface area contributed by atoms with Gasteiger partial charge in [-0.3, -0.25) is 4.99 Å². The van der Waals surface area contributed by atoms with Crippen molar-refractivity contribution in [2.24, 2.45) is 10.9 Å². The van der Waals surface area contributed by atoms with E-state index in [4.69, 9.17) is 9.47 Å². The van der Waals surface area contributed by atoms with Crippen molar-refractivity contribution in [3.8, 4) is 0 Å². The Bertz CT molecular complexity index is 525. The largest absolute Gasteiger partial charge is 0.444 e. The van der Waals surface area contributed by atoms with Gasteiger partial charge in [0.1, 0.15) is 5.60 Å².